The van der Waals surface area contributed by atoms with Crippen LogP contribution in [0, 0.1) is 6.92 Å². The van der Waals surface area contributed by atoms with Crippen LogP contribution in [0.25, 0.3) is 0 Å². The van der Waals surface area contributed by atoms with Crippen LogP contribution in [0.3, 0.4) is 0 Å². The Morgan fingerprint density at radius 2 is 1.83 bits per heavy atom. The second kappa shape index (κ2) is 7.83. The Hall–Kier alpha value is -2.54. The molecule has 1 unspecified atom stereocenters. The molecule has 2 aromatic rings. The number of methoxy groups -OCH3 is 2. The number of thiophene rings is 1. The standard InChI is InChI=1S/C17H20N2O4S/c1-10-8-13(22-3)14(23-4)9-12(10)19-16(20)11(2)18-17(21)15-6-5-7-24-15/h5-9,11H,1-4H3,(H,18,21)(H,19,20). The first kappa shape index (κ1) is 17.8. The SMILES string of the molecule is COc1cc(C)c(NC(=O)C(C)NC(=O)c2cccs2)cc1OC. The van der Waals surface area contributed by atoms with Crippen molar-refractivity contribution in [2.75, 3.05) is 19.5 Å². The van der Waals surface area contributed by atoms with Gasteiger partial charge in [0.2, 0.25) is 5.91 Å². The fourth-order valence-corrected chi connectivity index (χ4v) is 2.72. The molecule has 1 aromatic heterocycles. The fraction of sp³-hybridized carbons (Fsp3) is 0.294. The average molecular weight is 348 g/mol. The summed E-state index contributed by atoms with van der Waals surface area (Å²) in [4.78, 5) is 24.9. The molecule has 1 heterocycles. The van der Waals surface area contributed by atoms with E-state index in [9.17, 15) is 9.59 Å². The van der Waals surface area contributed by atoms with Crippen LogP contribution >= 0.6 is 11.3 Å². The second-order valence-corrected chi connectivity index (χ2v) is 6.13. The third-order valence-corrected chi connectivity index (χ3v) is 4.34. The Morgan fingerprint density at radius 1 is 1.17 bits per heavy atom. The van der Waals surface area contributed by atoms with Crippen molar-refractivity contribution in [1.29, 1.82) is 0 Å². The molecule has 0 saturated carbocycles. The lowest BCUT2D eigenvalue weighted by Gasteiger charge is -2.17. The largest absolute Gasteiger partial charge is 0.493 e. The second-order valence-electron chi connectivity index (χ2n) is 5.18. The Bertz CT molecular complexity index is 728. The maximum absolute atomic E-state index is 12.3. The van der Waals surface area contributed by atoms with Gasteiger partial charge in [-0.25, -0.2) is 0 Å². The Balaban J connectivity index is 2.07. The molecule has 6 nitrogen and oxygen atoms in total. The average Bonchev–Trinajstić information content (AvgIpc) is 3.10. The molecule has 0 aliphatic rings. The van der Waals surface area contributed by atoms with E-state index in [4.69, 9.17) is 9.47 Å². The van der Waals surface area contributed by atoms with Gasteiger partial charge in [-0.15, -0.1) is 11.3 Å². The smallest absolute Gasteiger partial charge is 0.261 e. The highest BCUT2D eigenvalue weighted by Crippen LogP contribution is 2.32. The molecule has 24 heavy (non-hydrogen) atoms. The maximum Gasteiger partial charge on any atom is 0.261 e. The van der Waals surface area contributed by atoms with Crippen molar-refractivity contribution in [1.82, 2.24) is 5.32 Å². The van der Waals surface area contributed by atoms with Gasteiger partial charge in [0.05, 0.1) is 19.1 Å². The normalized spacial score (nSPS) is 11.5. The quantitative estimate of drug-likeness (QED) is 0.842. The molecular formula is C17H20N2O4S. The number of nitrogens with one attached hydrogen (secondary N) is 2. The molecule has 1 aromatic carbocycles. The molecule has 128 valence electrons. The lowest BCUT2D eigenvalue weighted by atomic mass is 10.1. The molecule has 1 atom stereocenters. The van der Waals surface area contributed by atoms with E-state index in [1.165, 1.54) is 18.4 Å². The molecule has 2 amide bonds. The number of rotatable bonds is 6. The summed E-state index contributed by atoms with van der Waals surface area (Å²) in [5.74, 6) is 0.535. The van der Waals surface area contributed by atoms with Crippen LogP contribution in [0.1, 0.15) is 22.2 Å². The van der Waals surface area contributed by atoms with Gasteiger partial charge >= 0.3 is 0 Å². The first-order chi connectivity index (χ1) is 11.5. The van der Waals surface area contributed by atoms with Crippen LogP contribution < -0.4 is 20.1 Å². The van der Waals surface area contributed by atoms with E-state index in [-0.39, 0.29) is 11.8 Å². The van der Waals surface area contributed by atoms with Gasteiger partial charge in [0, 0.05) is 11.8 Å². The minimum atomic E-state index is -0.674. The molecule has 0 bridgehead atoms. The topological polar surface area (TPSA) is 76.7 Å². The lowest BCUT2D eigenvalue weighted by Crippen LogP contribution is -2.41. The number of carbonyl (C=O) groups is 2. The highest BCUT2D eigenvalue weighted by molar-refractivity contribution is 7.12. The zero-order valence-corrected chi connectivity index (χ0v) is 14.8. The van der Waals surface area contributed by atoms with Crippen molar-refractivity contribution in [3.8, 4) is 11.5 Å². The summed E-state index contributed by atoms with van der Waals surface area (Å²) in [6, 6.07) is 6.30. The van der Waals surface area contributed by atoms with Gasteiger partial charge in [0.1, 0.15) is 6.04 Å². The summed E-state index contributed by atoms with van der Waals surface area (Å²) in [7, 11) is 3.08. The molecule has 0 saturated heterocycles. The number of carbonyl (C=O) groups excluding carboxylic acids is 2. The third kappa shape index (κ3) is 4.05. The van der Waals surface area contributed by atoms with Crippen LogP contribution in [0.4, 0.5) is 5.69 Å². The first-order valence-electron chi connectivity index (χ1n) is 7.34. The monoisotopic (exact) mass is 348 g/mol. The van der Waals surface area contributed by atoms with E-state index in [1.54, 1.807) is 38.3 Å². The zero-order valence-electron chi connectivity index (χ0n) is 14.0. The number of ether oxygens (including phenoxy) is 2. The summed E-state index contributed by atoms with van der Waals surface area (Å²) in [5, 5.41) is 7.29. The molecule has 0 radical (unpaired) electrons. The number of amides is 2. The predicted molar refractivity (Wildman–Crippen MR) is 94.2 cm³/mol. The molecule has 0 spiro atoms. The summed E-state index contributed by atoms with van der Waals surface area (Å²) in [6.45, 7) is 3.49. The van der Waals surface area contributed by atoms with Crippen molar-refractivity contribution in [3.63, 3.8) is 0 Å². The molecule has 0 aliphatic carbocycles. The van der Waals surface area contributed by atoms with Crippen molar-refractivity contribution in [3.05, 3.63) is 40.1 Å². The fourth-order valence-electron chi connectivity index (χ4n) is 2.10. The van der Waals surface area contributed by atoms with Gasteiger partial charge in [-0.1, -0.05) is 6.07 Å². The highest BCUT2D eigenvalue weighted by atomic mass is 32.1. The minimum Gasteiger partial charge on any atom is -0.493 e. The Morgan fingerprint density at radius 3 is 2.42 bits per heavy atom. The van der Waals surface area contributed by atoms with Gasteiger partial charge in [-0.2, -0.15) is 0 Å². The summed E-state index contributed by atoms with van der Waals surface area (Å²) in [5.41, 5.74) is 1.44. The van der Waals surface area contributed by atoms with Crippen molar-refractivity contribution >= 4 is 28.8 Å². The van der Waals surface area contributed by atoms with E-state index >= 15 is 0 Å². The van der Waals surface area contributed by atoms with Gasteiger partial charge in [-0.05, 0) is 36.9 Å². The van der Waals surface area contributed by atoms with E-state index in [0.717, 1.165) is 5.56 Å². The zero-order chi connectivity index (χ0) is 17.7. The van der Waals surface area contributed by atoms with E-state index in [1.807, 2.05) is 12.3 Å². The molecule has 2 rings (SSSR count). The van der Waals surface area contributed by atoms with Crippen LogP contribution in [0.5, 0.6) is 11.5 Å². The van der Waals surface area contributed by atoms with Gasteiger partial charge in [0.25, 0.3) is 5.91 Å². The number of anilines is 1. The van der Waals surface area contributed by atoms with Gasteiger partial charge < -0.3 is 20.1 Å². The number of benzene rings is 1. The summed E-state index contributed by atoms with van der Waals surface area (Å²) >= 11 is 1.33. The van der Waals surface area contributed by atoms with E-state index < -0.39 is 6.04 Å². The predicted octanol–water partition coefficient (Wildman–Crippen LogP) is 2.83. The Kier molecular flexibility index (Phi) is 5.81. The highest BCUT2D eigenvalue weighted by Gasteiger charge is 2.19. The van der Waals surface area contributed by atoms with Gasteiger partial charge in [0.15, 0.2) is 11.5 Å². The van der Waals surface area contributed by atoms with Crippen LogP contribution in [0.2, 0.25) is 0 Å². The first-order valence-corrected chi connectivity index (χ1v) is 8.22. The van der Waals surface area contributed by atoms with E-state index in [2.05, 4.69) is 10.6 Å². The number of hydrogen-bond donors (Lipinski definition) is 2. The van der Waals surface area contributed by atoms with Crippen LogP contribution in [-0.4, -0.2) is 32.1 Å². The maximum atomic E-state index is 12.3. The molecule has 0 aliphatic heterocycles. The van der Waals surface area contributed by atoms with Crippen molar-refractivity contribution in [2.45, 2.75) is 19.9 Å². The third-order valence-electron chi connectivity index (χ3n) is 3.47. The number of hydrogen-bond acceptors (Lipinski definition) is 5. The molecule has 0 fully saturated rings. The van der Waals surface area contributed by atoms with Crippen LogP contribution in [-0.2, 0) is 4.79 Å². The summed E-state index contributed by atoms with van der Waals surface area (Å²) < 4.78 is 10.5. The number of aryl methyl sites for hydroxylation is 1. The summed E-state index contributed by atoms with van der Waals surface area (Å²) in [6.07, 6.45) is 0. The van der Waals surface area contributed by atoms with E-state index in [0.29, 0.717) is 22.1 Å². The van der Waals surface area contributed by atoms with Gasteiger partial charge in [-0.3, -0.25) is 9.59 Å². The molecule has 7 heteroatoms. The molecular weight excluding hydrogens is 328 g/mol. The van der Waals surface area contributed by atoms with Crippen molar-refractivity contribution in [2.24, 2.45) is 0 Å². The Labute approximate surface area is 144 Å². The van der Waals surface area contributed by atoms with Crippen LogP contribution in [0.15, 0.2) is 29.6 Å². The molecule has 2 N–H and O–H groups in total. The lowest BCUT2D eigenvalue weighted by molar-refractivity contribution is -0.117. The van der Waals surface area contributed by atoms with Crippen molar-refractivity contribution < 1.29 is 19.1 Å². The minimum absolute atomic E-state index is 0.267.